The molecule has 4 rings (SSSR count). The summed E-state index contributed by atoms with van der Waals surface area (Å²) in [5, 5.41) is 10.5. The summed E-state index contributed by atoms with van der Waals surface area (Å²) in [7, 11) is 0. The fraction of sp³-hybridized carbons (Fsp3) is 0.667. The molecular weight excluding hydrogens is 314 g/mol. The fourth-order valence-electron chi connectivity index (χ4n) is 5.13. The summed E-state index contributed by atoms with van der Waals surface area (Å²) in [5.74, 6) is -0.245. The van der Waals surface area contributed by atoms with Gasteiger partial charge in [0, 0.05) is 18.5 Å². The van der Waals surface area contributed by atoms with Crippen LogP contribution in [0.4, 0.5) is 0 Å². The summed E-state index contributed by atoms with van der Waals surface area (Å²) < 4.78 is 6.05. The van der Waals surface area contributed by atoms with Gasteiger partial charge in [-0.1, -0.05) is 36.8 Å². The van der Waals surface area contributed by atoms with Crippen LogP contribution < -0.4 is 0 Å². The number of hydrogen-bond donors (Lipinski definition) is 1. The smallest absolute Gasteiger partial charge is 0.313 e. The van der Waals surface area contributed by atoms with Gasteiger partial charge in [0.15, 0.2) is 0 Å². The molecule has 1 aliphatic carbocycles. The van der Waals surface area contributed by atoms with Gasteiger partial charge < -0.3 is 9.84 Å². The zero-order valence-electron chi connectivity index (χ0n) is 14.8. The molecule has 2 heterocycles. The maximum atomic E-state index is 13.0. The lowest BCUT2D eigenvalue weighted by atomic mass is 9.81. The van der Waals surface area contributed by atoms with Crippen molar-refractivity contribution >= 4 is 5.97 Å². The second-order valence-corrected chi connectivity index (χ2v) is 7.90. The van der Waals surface area contributed by atoms with Crippen molar-refractivity contribution in [3.63, 3.8) is 0 Å². The van der Waals surface area contributed by atoms with E-state index in [4.69, 9.17) is 4.74 Å². The number of esters is 1. The van der Waals surface area contributed by atoms with Gasteiger partial charge >= 0.3 is 5.97 Å². The number of hydrogen-bond acceptors (Lipinski definition) is 4. The number of aliphatic hydroxyl groups is 1. The topological polar surface area (TPSA) is 49.8 Å². The minimum atomic E-state index is -0.550. The van der Waals surface area contributed by atoms with Crippen LogP contribution in [0.2, 0.25) is 0 Å². The molecule has 2 saturated heterocycles. The number of rotatable bonds is 3. The standard InChI is InChI=1S/C21H29NO3/c23-18-12-14-22-13-6-10-17(22)20(18)21(24)25-19-11-5-4-9-16(19)15-7-2-1-3-8-15/h1-3,7-8,16-20,23H,4-6,9-14H2/t16-,17-,18-,19+,20+/m0/s1. The van der Waals surface area contributed by atoms with Crippen molar-refractivity contribution in [1.82, 2.24) is 4.90 Å². The first-order valence-electron chi connectivity index (χ1n) is 9.91. The summed E-state index contributed by atoms with van der Waals surface area (Å²) in [6.45, 7) is 1.96. The first kappa shape index (κ1) is 17.0. The van der Waals surface area contributed by atoms with Crippen LogP contribution in [0.3, 0.4) is 0 Å². The molecule has 4 heteroatoms. The Morgan fingerprint density at radius 2 is 1.80 bits per heavy atom. The van der Waals surface area contributed by atoms with Crippen LogP contribution in [0, 0.1) is 5.92 Å². The third-order valence-electron chi connectivity index (χ3n) is 6.43. The Labute approximate surface area is 150 Å². The molecule has 136 valence electrons. The van der Waals surface area contributed by atoms with Crippen molar-refractivity contribution in [2.75, 3.05) is 13.1 Å². The summed E-state index contributed by atoms with van der Waals surface area (Å²) in [6.07, 6.45) is 6.52. The highest BCUT2D eigenvalue weighted by molar-refractivity contribution is 5.74. The Morgan fingerprint density at radius 1 is 1.00 bits per heavy atom. The molecule has 0 amide bonds. The van der Waals surface area contributed by atoms with Gasteiger partial charge in [0.1, 0.15) is 6.10 Å². The van der Waals surface area contributed by atoms with E-state index >= 15 is 0 Å². The van der Waals surface area contributed by atoms with E-state index in [2.05, 4.69) is 29.2 Å². The van der Waals surface area contributed by atoms with Gasteiger partial charge in [-0.05, 0) is 50.6 Å². The number of carbonyl (C=O) groups is 1. The molecule has 3 aliphatic rings. The lowest BCUT2D eigenvalue weighted by Crippen LogP contribution is -2.52. The van der Waals surface area contributed by atoms with Crippen LogP contribution in [0.25, 0.3) is 0 Å². The number of aliphatic hydroxyl groups excluding tert-OH is 1. The molecule has 0 spiro atoms. The Kier molecular flexibility index (Phi) is 5.09. The third kappa shape index (κ3) is 3.47. The quantitative estimate of drug-likeness (QED) is 0.857. The molecule has 4 nitrogen and oxygen atoms in total. The summed E-state index contributed by atoms with van der Waals surface area (Å²) in [4.78, 5) is 15.4. The first-order chi connectivity index (χ1) is 12.2. The van der Waals surface area contributed by atoms with Crippen LogP contribution in [0.5, 0.6) is 0 Å². The summed E-state index contributed by atoms with van der Waals surface area (Å²) in [6, 6.07) is 10.6. The molecule has 0 aromatic heterocycles. The van der Waals surface area contributed by atoms with E-state index in [1.165, 1.54) is 12.0 Å². The van der Waals surface area contributed by atoms with Crippen LogP contribution in [0.15, 0.2) is 30.3 Å². The van der Waals surface area contributed by atoms with E-state index in [1.54, 1.807) is 0 Å². The second-order valence-electron chi connectivity index (χ2n) is 7.90. The Hall–Kier alpha value is -1.39. The first-order valence-corrected chi connectivity index (χ1v) is 9.91. The molecule has 0 unspecified atom stereocenters. The van der Waals surface area contributed by atoms with Crippen LogP contribution in [-0.2, 0) is 9.53 Å². The van der Waals surface area contributed by atoms with E-state index < -0.39 is 6.10 Å². The molecule has 3 fully saturated rings. The molecule has 1 saturated carbocycles. The van der Waals surface area contributed by atoms with Gasteiger partial charge in [-0.2, -0.15) is 0 Å². The molecule has 1 aromatic rings. The van der Waals surface area contributed by atoms with Crippen molar-refractivity contribution in [1.29, 1.82) is 0 Å². The molecule has 0 radical (unpaired) electrons. The van der Waals surface area contributed by atoms with Gasteiger partial charge in [0.25, 0.3) is 0 Å². The van der Waals surface area contributed by atoms with Crippen LogP contribution >= 0.6 is 0 Å². The number of nitrogens with zero attached hydrogens (tertiary/aromatic N) is 1. The molecule has 0 bridgehead atoms. The molecular formula is C21H29NO3. The number of benzene rings is 1. The molecule has 2 aliphatic heterocycles. The van der Waals surface area contributed by atoms with Crippen molar-refractivity contribution in [2.24, 2.45) is 5.92 Å². The van der Waals surface area contributed by atoms with Gasteiger partial charge in [0.2, 0.25) is 0 Å². The van der Waals surface area contributed by atoms with Gasteiger partial charge in [0.05, 0.1) is 12.0 Å². The summed E-state index contributed by atoms with van der Waals surface area (Å²) >= 11 is 0. The molecule has 25 heavy (non-hydrogen) atoms. The normalized spacial score (nSPS) is 36.0. The van der Waals surface area contributed by atoms with Crippen LogP contribution in [-0.4, -0.2) is 47.3 Å². The van der Waals surface area contributed by atoms with Gasteiger partial charge in [-0.3, -0.25) is 9.69 Å². The van der Waals surface area contributed by atoms with Gasteiger partial charge in [-0.15, -0.1) is 0 Å². The lowest BCUT2D eigenvalue weighted by molar-refractivity contribution is -0.166. The number of carbonyl (C=O) groups excluding carboxylic acids is 1. The third-order valence-corrected chi connectivity index (χ3v) is 6.43. The van der Waals surface area contributed by atoms with Crippen molar-refractivity contribution in [3.05, 3.63) is 35.9 Å². The Morgan fingerprint density at radius 3 is 2.64 bits per heavy atom. The van der Waals surface area contributed by atoms with Crippen molar-refractivity contribution in [2.45, 2.75) is 69.1 Å². The summed E-state index contributed by atoms with van der Waals surface area (Å²) in [5.41, 5.74) is 1.27. The maximum Gasteiger partial charge on any atom is 0.313 e. The predicted molar refractivity (Wildman–Crippen MR) is 96.2 cm³/mol. The van der Waals surface area contributed by atoms with E-state index in [0.29, 0.717) is 12.3 Å². The van der Waals surface area contributed by atoms with E-state index in [0.717, 1.165) is 45.2 Å². The number of fused-ring (bicyclic) bond motifs is 1. The van der Waals surface area contributed by atoms with Gasteiger partial charge in [-0.25, -0.2) is 0 Å². The Balaban J connectivity index is 1.48. The van der Waals surface area contributed by atoms with Crippen molar-refractivity contribution in [3.8, 4) is 0 Å². The number of piperidine rings is 1. The molecule has 1 aromatic carbocycles. The number of ether oxygens (including phenoxy) is 1. The zero-order chi connectivity index (χ0) is 17.2. The average Bonchev–Trinajstić information content (AvgIpc) is 3.11. The van der Waals surface area contributed by atoms with E-state index in [-0.39, 0.29) is 24.0 Å². The Bertz CT molecular complexity index is 590. The van der Waals surface area contributed by atoms with E-state index in [1.807, 2.05) is 6.07 Å². The monoisotopic (exact) mass is 343 g/mol. The highest BCUT2D eigenvalue weighted by atomic mass is 16.5. The highest BCUT2D eigenvalue weighted by Crippen LogP contribution is 2.37. The van der Waals surface area contributed by atoms with Crippen LogP contribution in [0.1, 0.15) is 56.4 Å². The molecule has 5 atom stereocenters. The maximum absolute atomic E-state index is 13.0. The zero-order valence-corrected chi connectivity index (χ0v) is 14.8. The highest BCUT2D eigenvalue weighted by Gasteiger charge is 2.45. The minimum absolute atomic E-state index is 0.0485. The van der Waals surface area contributed by atoms with E-state index in [9.17, 15) is 9.90 Å². The predicted octanol–water partition coefficient (Wildman–Crippen LogP) is 3.10. The minimum Gasteiger partial charge on any atom is -0.461 e. The molecule has 1 N–H and O–H groups in total. The SMILES string of the molecule is O=C(O[C@@H]1CCCC[C@H]1c1ccccc1)[C@H]1[C@@H](O)CCN2CCC[C@@H]12. The second kappa shape index (κ2) is 7.46. The lowest BCUT2D eigenvalue weighted by Gasteiger charge is -2.40. The fourth-order valence-corrected chi connectivity index (χ4v) is 5.13. The average molecular weight is 343 g/mol. The van der Waals surface area contributed by atoms with Crippen molar-refractivity contribution < 1.29 is 14.6 Å². The largest absolute Gasteiger partial charge is 0.461 e.